The minimum absolute atomic E-state index is 0.817. The summed E-state index contributed by atoms with van der Waals surface area (Å²) in [4.78, 5) is 0. The maximum absolute atomic E-state index is 3.64. The van der Waals surface area contributed by atoms with Crippen molar-refractivity contribution < 1.29 is 0 Å². The highest BCUT2D eigenvalue weighted by Gasteiger charge is 2.21. The fourth-order valence-corrected chi connectivity index (χ4v) is 2.36. The van der Waals surface area contributed by atoms with E-state index in [0.717, 1.165) is 18.5 Å². The molecule has 0 aromatic carbocycles. The third-order valence-electron chi connectivity index (χ3n) is 3.49. The summed E-state index contributed by atoms with van der Waals surface area (Å²) in [6.07, 6.45) is 11.5. The molecule has 0 radical (unpaired) electrons. The molecule has 1 aliphatic rings. The lowest BCUT2D eigenvalue weighted by molar-refractivity contribution is 0.253. The number of unbranched alkanes of at least 4 members (excludes halogenated alkanes) is 2. The molecule has 0 spiro atoms. The lowest BCUT2D eigenvalue weighted by Crippen LogP contribution is -2.32. The lowest BCUT2D eigenvalue weighted by atomic mass is 9.80. The largest absolute Gasteiger partial charge is 0.314 e. The van der Waals surface area contributed by atoms with E-state index in [4.69, 9.17) is 0 Å². The molecule has 1 nitrogen and oxygen atoms in total. The van der Waals surface area contributed by atoms with Crippen molar-refractivity contribution in [3.05, 3.63) is 0 Å². The number of hydrogen-bond acceptors (Lipinski definition) is 1. The molecule has 0 heterocycles. The van der Waals surface area contributed by atoms with Gasteiger partial charge in [0.15, 0.2) is 0 Å². The van der Waals surface area contributed by atoms with E-state index in [1.807, 2.05) is 0 Å². The predicted molar refractivity (Wildman–Crippen MR) is 63.6 cm³/mol. The Morgan fingerprint density at radius 2 is 2.00 bits per heavy atom. The van der Waals surface area contributed by atoms with E-state index in [2.05, 4.69) is 19.2 Å². The van der Waals surface area contributed by atoms with Gasteiger partial charge in [-0.15, -0.1) is 0 Å². The van der Waals surface area contributed by atoms with Gasteiger partial charge in [0.25, 0.3) is 0 Å². The van der Waals surface area contributed by atoms with Crippen LogP contribution in [0.3, 0.4) is 0 Å². The van der Waals surface area contributed by atoms with Gasteiger partial charge in [-0.05, 0) is 25.3 Å². The first-order chi connectivity index (χ1) is 6.86. The van der Waals surface area contributed by atoms with Gasteiger partial charge in [0.1, 0.15) is 0 Å². The molecule has 1 fully saturated rings. The Hall–Kier alpha value is -0.0400. The topological polar surface area (TPSA) is 12.0 Å². The molecular weight excluding hydrogens is 170 g/mol. The molecule has 1 unspecified atom stereocenters. The number of nitrogens with one attached hydrogen (secondary N) is 1. The third kappa shape index (κ3) is 4.45. The second-order valence-corrected chi connectivity index (χ2v) is 4.78. The van der Waals surface area contributed by atoms with Crippen molar-refractivity contribution in [1.82, 2.24) is 5.32 Å². The van der Waals surface area contributed by atoms with Gasteiger partial charge in [0, 0.05) is 6.04 Å². The molecule has 0 aromatic rings. The average Bonchev–Trinajstić information content (AvgIpc) is 2.11. The summed E-state index contributed by atoms with van der Waals surface area (Å²) in [6, 6.07) is 0.817. The van der Waals surface area contributed by atoms with Crippen molar-refractivity contribution in [2.75, 3.05) is 6.54 Å². The highest BCUT2D eigenvalue weighted by molar-refractivity contribution is 4.77. The van der Waals surface area contributed by atoms with Gasteiger partial charge in [-0.25, -0.2) is 0 Å². The van der Waals surface area contributed by atoms with Crippen molar-refractivity contribution >= 4 is 0 Å². The molecular formula is C13H27N. The Balaban J connectivity index is 2.09. The first-order valence-corrected chi connectivity index (χ1v) is 6.60. The summed E-state index contributed by atoms with van der Waals surface area (Å²) >= 11 is 0. The molecule has 0 saturated heterocycles. The smallest absolute Gasteiger partial charge is 0.00695 e. The monoisotopic (exact) mass is 197 g/mol. The van der Waals surface area contributed by atoms with E-state index < -0.39 is 0 Å². The average molecular weight is 197 g/mol. The summed E-state index contributed by atoms with van der Waals surface area (Å²) in [5, 5.41) is 3.64. The van der Waals surface area contributed by atoms with Crippen molar-refractivity contribution in [1.29, 1.82) is 0 Å². The Morgan fingerprint density at radius 1 is 1.21 bits per heavy atom. The van der Waals surface area contributed by atoms with Crippen LogP contribution in [0.2, 0.25) is 0 Å². The van der Waals surface area contributed by atoms with E-state index in [9.17, 15) is 0 Å². The van der Waals surface area contributed by atoms with E-state index in [0.29, 0.717) is 0 Å². The van der Waals surface area contributed by atoms with Crippen LogP contribution in [0.25, 0.3) is 0 Å². The van der Waals surface area contributed by atoms with Gasteiger partial charge in [0.05, 0.1) is 0 Å². The second kappa shape index (κ2) is 7.28. The molecule has 1 saturated carbocycles. The van der Waals surface area contributed by atoms with Gasteiger partial charge in [-0.2, -0.15) is 0 Å². The summed E-state index contributed by atoms with van der Waals surface area (Å²) in [5.41, 5.74) is 0. The van der Waals surface area contributed by atoms with Crippen LogP contribution >= 0.6 is 0 Å². The lowest BCUT2D eigenvalue weighted by Gasteiger charge is -2.30. The summed E-state index contributed by atoms with van der Waals surface area (Å²) in [5.74, 6) is 1.06. The first kappa shape index (κ1) is 12.0. The van der Waals surface area contributed by atoms with Crippen LogP contribution in [0.4, 0.5) is 0 Å². The number of hydrogen-bond donors (Lipinski definition) is 1. The van der Waals surface area contributed by atoms with Gasteiger partial charge >= 0.3 is 0 Å². The van der Waals surface area contributed by atoms with E-state index >= 15 is 0 Å². The molecule has 1 aliphatic carbocycles. The van der Waals surface area contributed by atoms with Crippen molar-refractivity contribution in [2.45, 2.75) is 71.3 Å². The molecule has 14 heavy (non-hydrogen) atoms. The van der Waals surface area contributed by atoms with Gasteiger partial charge < -0.3 is 5.32 Å². The fourth-order valence-electron chi connectivity index (χ4n) is 2.36. The minimum atomic E-state index is 0.817. The molecule has 0 aliphatic heterocycles. The van der Waals surface area contributed by atoms with Crippen LogP contribution in [-0.2, 0) is 0 Å². The predicted octanol–water partition coefficient (Wildman–Crippen LogP) is 3.74. The van der Waals surface area contributed by atoms with Gasteiger partial charge in [-0.3, -0.25) is 0 Å². The van der Waals surface area contributed by atoms with Crippen LogP contribution in [0, 0.1) is 5.92 Å². The maximum atomic E-state index is 3.64. The van der Waals surface area contributed by atoms with Crippen molar-refractivity contribution in [2.24, 2.45) is 5.92 Å². The van der Waals surface area contributed by atoms with Crippen LogP contribution in [0.15, 0.2) is 0 Å². The molecule has 84 valence electrons. The standard InChI is InChI=1S/C13H27N/c1-3-5-6-10-13(14-4-2)11-12-8-7-9-12/h12-14H,3-11H2,1-2H3. The summed E-state index contributed by atoms with van der Waals surface area (Å²) in [7, 11) is 0. The fraction of sp³-hybridized carbons (Fsp3) is 1.00. The first-order valence-electron chi connectivity index (χ1n) is 6.60. The van der Waals surface area contributed by atoms with Crippen LogP contribution < -0.4 is 5.32 Å². The Bertz CT molecular complexity index is 129. The van der Waals surface area contributed by atoms with Gasteiger partial charge in [-0.1, -0.05) is 52.4 Å². The quantitative estimate of drug-likeness (QED) is 0.585. The second-order valence-electron chi connectivity index (χ2n) is 4.78. The van der Waals surface area contributed by atoms with Crippen LogP contribution in [0.1, 0.15) is 65.2 Å². The zero-order valence-corrected chi connectivity index (χ0v) is 10.0. The molecule has 0 amide bonds. The highest BCUT2D eigenvalue weighted by atomic mass is 14.9. The summed E-state index contributed by atoms with van der Waals surface area (Å²) in [6.45, 7) is 5.66. The highest BCUT2D eigenvalue weighted by Crippen LogP contribution is 2.31. The van der Waals surface area contributed by atoms with Crippen LogP contribution in [-0.4, -0.2) is 12.6 Å². The zero-order chi connectivity index (χ0) is 10.2. The number of rotatable bonds is 8. The summed E-state index contributed by atoms with van der Waals surface area (Å²) < 4.78 is 0. The molecule has 0 bridgehead atoms. The van der Waals surface area contributed by atoms with Crippen LogP contribution in [0.5, 0.6) is 0 Å². The van der Waals surface area contributed by atoms with Crippen molar-refractivity contribution in [3.63, 3.8) is 0 Å². The molecule has 1 rings (SSSR count). The third-order valence-corrected chi connectivity index (χ3v) is 3.49. The Morgan fingerprint density at radius 3 is 2.50 bits per heavy atom. The molecule has 0 aromatic heterocycles. The van der Waals surface area contributed by atoms with E-state index in [-0.39, 0.29) is 0 Å². The van der Waals surface area contributed by atoms with Gasteiger partial charge in [0.2, 0.25) is 0 Å². The SMILES string of the molecule is CCCCCC(CC1CCC1)NCC. The maximum Gasteiger partial charge on any atom is 0.00695 e. The Labute approximate surface area is 89.7 Å². The van der Waals surface area contributed by atoms with Crippen molar-refractivity contribution in [3.8, 4) is 0 Å². The zero-order valence-electron chi connectivity index (χ0n) is 10.0. The molecule has 1 heteroatoms. The normalized spacial score (nSPS) is 19.3. The minimum Gasteiger partial charge on any atom is -0.314 e. The Kier molecular flexibility index (Phi) is 6.25. The van der Waals surface area contributed by atoms with E-state index in [1.54, 1.807) is 0 Å². The molecule has 1 atom stereocenters. The molecule has 1 N–H and O–H groups in total. The van der Waals surface area contributed by atoms with E-state index in [1.165, 1.54) is 51.4 Å².